The molecular formula is C16H19B. The summed E-state index contributed by atoms with van der Waals surface area (Å²) in [5.74, 6) is 0. The zero-order valence-corrected chi connectivity index (χ0v) is 10.7. The predicted octanol–water partition coefficient (Wildman–Crippen LogP) is 3.50. The lowest BCUT2D eigenvalue weighted by molar-refractivity contribution is 1.51. The minimum atomic E-state index is 1.06. The number of hydrogen-bond acceptors (Lipinski definition) is 0. The third kappa shape index (κ3) is 3.95. The molecule has 1 aromatic carbocycles. The fraction of sp³-hybridized carbons (Fsp3) is 0.125. The summed E-state index contributed by atoms with van der Waals surface area (Å²) >= 11 is 0. The summed E-state index contributed by atoms with van der Waals surface area (Å²) in [6.45, 7) is 12.0. The van der Waals surface area contributed by atoms with E-state index in [1.807, 2.05) is 12.2 Å². The molecule has 0 aliphatic heterocycles. The Hall–Kier alpha value is -1.76. The first kappa shape index (κ1) is 13.3. The molecule has 0 atom stereocenters. The molecule has 0 aliphatic carbocycles. The van der Waals surface area contributed by atoms with E-state index in [-0.39, 0.29) is 0 Å². The largest absolute Gasteiger partial charge is 0.154 e. The first-order valence-electron chi connectivity index (χ1n) is 5.93. The lowest BCUT2D eigenvalue weighted by Gasteiger charge is -2.07. The summed E-state index contributed by atoms with van der Waals surface area (Å²) in [5, 5.41) is 0. The van der Waals surface area contributed by atoms with Gasteiger partial charge in [-0.1, -0.05) is 74.0 Å². The van der Waals surface area contributed by atoms with E-state index in [1.54, 1.807) is 6.08 Å². The van der Waals surface area contributed by atoms with E-state index in [0.717, 1.165) is 12.9 Å². The molecule has 0 radical (unpaired) electrons. The van der Waals surface area contributed by atoms with Crippen molar-refractivity contribution in [2.24, 2.45) is 0 Å². The van der Waals surface area contributed by atoms with Crippen LogP contribution in [0.5, 0.6) is 0 Å². The Balaban J connectivity index is 2.91. The molecule has 0 unspecified atom stereocenters. The topological polar surface area (TPSA) is 0 Å². The molecule has 0 spiro atoms. The summed E-state index contributed by atoms with van der Waals surface area (Å²) < 4.78 is 0. The lowest BCUT2D eigenvalue weighted by atomic mass is 9.72. The summed E-state index contributed by atoms with van der Waals surface area (Å²) in [4.78, 5) is 0. The molecule has 86 valence electrons. The van der Waals surface area contributed by atoms with Gasteiger partial charge in [0.25, 0.3) is 0 Å². The summed E-state index contributed by atoms with van der Waals surface area (Å²) in [7, 11) is 1.06. The van der Waals surface area contributed by atoms with Gasteiger partial charge >= 0.3 is 0 Å². The Morgan fingerprint density at radius 1 is 1.29 bits per heavy atom. The quantitative estimate of drug-likeness (QED) is 0.528. The van der Waals surface area contributed by atoms with Crippen LogP contribution in [0.2, 0.25) is 6.82 Å². The first-order chi connectivity index (χ1) is 8.19. The van der Waals surface area contributed by atoms with E-state index in [1.165, 1.54) is 16.6 Å². The van der Waals surface area contributed by atoms with Crippen molar-refractivity contribution in [1.29, 1.82) is 0 Å². The van der Waals surface area contributed by atoms with Crippen molar-refractivity contribution < 1.29 is 0 Å². The molecule has 1 aromatic rings. The van der Waals surface area contributed by atoms with Crippen LogP contribution in [0.15, 0.2) is 67.3 Å². The van der Waals surface area contributed by atoms with Crippen LogP contribution in [0.25, 0.3) is 5.57 Å². The van der Waals surface area contributed by atoms with Crippen molar-refractivity contribution in [2.45, 2.75) is 13.7 Å². The summed E-state index contributed by atoms with van der Waals surface area (Å²) in [6.07, 6.45) is 7.73. The first-order valence-corrected chi connectivity index (χ1v) is 5.93. The Kier molecular flexibility index (Phi) is 5.28. The van der Waals surface area contributed by atoms with Gasteiger partial charge in [0.2, 0.25) is 0 Å². The van der Waals surface area contributed by atoms with E-state index in [4.69, 9.17) is 0 Å². The Bertz CT molecular complexity index is 464. The minimum absolute atomic E-state index is 1.06. The molecular weight excluding hydrogens is 203 g/mol. The molecule has 1 heteroatoms. The van der Waals surface area contributed by atoms with Gasteiger partial charge < -0.3 is 0 Å². The average molecular weight is 222 g/mol. The minimum Gasteiger partial charge on any atom is -0.0991 e. The van der Waals surface area contributed by atoms with E-state index < -0.39 is 0 Å². The molecule has 1 rings (SSSR count). The molecule has 0 heterocycles. The van der Waals surface area contributed by atoms with Gasteiger partial charge in [-0.15, -0.1) is 0 Å². The zero-order chi connectivity index (χ0) is 12.7. The molecule has 0 saturated carbocycles. The highest BCUT2D eigenvalue weighted by Crippen LogP contribution is 2.19. The smallest absolute Gasteiger partial charge is 0.0991 e. The molecule has 0 fully saturated rings. The molecule has 0 aromatic heterocycles. The SMILES string of the molecule is C=C/C=C\C=C(/C)C(=C)c1cccc(BC)c1. The monoisotopic (exact) mass is 222 g/mol. The van der Waals surface area contributed by atoms with Crippen molar-refractivity contribution in [1.82, 2.24) is 0 Å². The van der Waals surface area contributed by atoms with Gasteiger partial charge in [-0.25, -0.2) is 0 Å². The number of benzene rings is 1. The van der Waals surface area contributed by atoms with Gasteiger partial charge in [0.05, 0.1) is 0 Å². The van der Waals surface area contributed by atoms with Crippen LogP contribution in [-0.2, 0) is 0 Å². The fourth-order valence-corrected chi connectivity index (χ4v) is 1.59. The van der Waals surface area contributed by atoms with Gasteiger partial charge in [-0.05, 0) is 23.6 Å². The van der Waals surface area contributed by atoms with Crippen molar-refractivity contribution in [2.75, 3.05) is 0 Å². The van der Waals surface area contributed by atoms with Gasteiger partial charge in [0, 0.05) is 0 Å². The summed E-state index contributed by atoms with van der Waals surface area (Å²) in [6, 6.07) is 8.55. The van der Waals surface area contributed by atoms with Gasteiger partial charge in [0.1, 0.15) is 0 Å². The molecule has 0 saturated heterocycles. The maximum absolute atomic E-state index is 4.15. The standard InChI is InChI=1S/C16H19B/c1-5-6-7-9-13(2)14(3)15-10-8-11-16(12-15)17-4/h5-12,17H,1,3H2,2,4H3/b7-6-,13-9+. The van der Waals surface area contributed by atoms with Crippen LogP contribution in [0, 0.1) is 0 Å². The van der Waals surface area contributed by atoms with E-state index >= 15 is 0 Å². The second-order valence-corrected chi connectivity index (χ2v) is 4.00. The number of allylic oxidation sites excluding steroid dienone is 6. The fourth-order valence-electron chi connectivity index (χ4n) is 1.59. The van der Waals surface area contributed by atoms with Crippen LogP contribution < -0.4 is 5.46 Å². The maximum atomic E-state index is 4.15. The zero-order valence-electron chi connectivity index (χ0n) is 10.7. The molecule has 0 aliphatic rings. The molecule has 0 amide bonds. The van der Waals surface area contributed by atoms with Gasteiger partial charge in [0.15, 0.2) is 7.28 Å². The second-order valence-electron chi connectivity index (χ2n) is 4.00. The molecule has 0 bridgehead atoms. The van der Waals surface area contributed by atoms with Gasteiger partial charge in [-0.3, -0.25) is 0 Å². The van der Waals surface area contributed by atoms with E-state index in [9.17, 15) is 0 Å². The van der Waals surface area contributed by atoms with Crippen LogP contribution in [-0.4, -0.2) is 7.28 Å². The van der Waals surface area contributed by atoms with Crippen LogP contribution in [0.4, 0.5) is 0 Å². The lowest BCUT2D eigenvalue weighted by Crippen LogP contribution is -2.10. The van der Waals surface area contributed by atoms with Crippen molar-refractivity contribution in [3.63, 3.8) is 0 Å². The second kappa shape index (κ2) is 6.75. The number of rotatable bonds is 5. The van der Waals surface area contributed by atoms with Crippen molar-refractivity contribution in [3.8, 4) is 0 Å². The van der Waals surface area contributed by atoms with Crippen molar-refractivity contribution >= 4 is 18.3 Å². The van der Waals surface area contributed by atoms with Crippen LogP contribution >= 0.6 is 0 Å². The average Bonchev–Trinajstić information content (AvgIpc) is 2.38. The molecule has 0 N–H and O–H groups in total. The third-order valence-electron chi connectivity index (χ3n) is 2.75. The Morgan fingerprint density at radius 2 is 2.06 bits per heavy atom. The molecule has 17 heavy (non-hydrogen) atoms. The van der Waals surface area contributed by atoms with Crippen LogP contribution in [0.3, 0.4) is 0 Å². The highest BCUT2D eigenvalue weighted by Gasteiger charge is 2.01. The predicted molar refractivity (Wildman–Crippen MR) is 81.2 cm³/mol. The molecule has 0 nitrogen and oxygen atoms in total. The Labute approximate surface area is 105 Å². The van der Waals surface area contributed by atoms with E-state index in [2.05, 4.69) is 57.2 Å². The third-order valence-corrected chi connectivity index (χ3v) is 2.75. The summed E-state index contributed by atoms with van der Waals surface area (Å²) in [5.41, 5.74) is 4.80. The normalized spacial score (nSPS) is 11.5. The Morgan fingerprint density at radius 3 is 2.71 bits per heavy atom. The van der Waals surface area contributed by atoms with Crippen molar-refractivity contribution in [3.05, 3.63) is 72.9 Å². The number of hydrogen-bond donors (Lipinski definition) is 0. The van der Waals surface area contributed by atoms with E-state index in [0.29, 0.717) is 0 Å². The highest BCUT2D eigenvalue weighted by atomic mass is 14.0. The highest BCUT2D eigenvalue weighted by molar-refractivity contribution is 6.51. The van der Waals surface area contributed by atoms with Gasteiger partial charge in [-0.2, -0.15) is 0 Å². The maximum Gasteiger partial charge on any atom is 0.154 e. The van der Waals surface area contributed by atoms with Crippen LogP contribution in [0.1, 0.15) is 12.5 Å².